The van der Waals surface area contributed by atoms with E-state index >= 15 is 0 Å². The predicted molar refractivity (Wildman–Crippen MR) is 195 cm³/mol. The second-order valence-corrected chi connectivity index (χ2v) is 16.1. The Morgan fingerprint density at radius 3 is 2.00 bits per heavy atom. The molecule has 2 aliphatic heterocycles. The van der Waals surface area contributed by atoms with Crippen LogP contribution in [0.25, 0.3) is 5.69 Å². The molecular weight excluding hydrogens is 668 g/mol. The highest BCUT2D eigenvalue weighted by Crippen LogP contribution is 2.51. The van der Waals surface area contributed by atoms with Crippen molar-refractivity contribution in [1.29, 1.82) is 0 Å². The van der Waals surface area contributed by atoms with E-state index in [4.69, 9.17) is 9.47 Å². The van der Waals surface area contributed by atoms with E-state index < -0.39 is 35.1 Å². The first kappa shape index (κ1) is 38.6. The van der Waals surface area contributed by atoms with Crippen LogP contribution in [0.3, 0.4) is 0 Å². The molecule has 0 radical (unpaired) electrons. The number of carbonyl (C=O) groups excluding carboxylic acids is 4. The van der Waals surface area contributed by atoms with Gasteiger partial charge in [-0.25, -0.2) is 19.2 Å². The van der Waals surface area contributed by atoms with Gasteiger partial charge in [-0.05, 0) is 103 Å². The van der Waals surface area contributed by atoms with E-state index in [1.54, 1.807) is 49.8 Å². The second-order valence-electron chi connectivity index (χ2n) is 16.1. The summed E-state index contributed by atoms with van der Waals surface area (Å²) in [5, 5.41) is 8.17. The molecule has 52 heavy (non-hydrogen) atoms. The van der Waals surface area contributed by atoms with Crippen molar-refractivity contribution < 1.29 is 28.7 Å². The van der Waals surface area contributed by atoms with Crippen LogP contribution < -0.4 is 21.6 Å². The molecule has 4 atom stereocenters. The van der Waals surface area contributed by atoms with Gasteiger partial charge in [-0.1, -0.05) is 12.1 Å². The van der Waals surface area contributed by atoms with E-state index in [2.05, 4.69) is 32.8 Å². The van der Waals surface area contributed by atoms with Gasteiger partial charge in [0, 0.05) is 58.1 Å². The molecule has 2 saturated heterocycles. The van der Waals surface area contributed by atoms with Crippen LogP contribution in [0, 0.1) is 17.8 Å². The number of nitrogens with one attached hydrogen (secondary N) is 3. The summed E-state index contributed by atoms with van der Waals surface area (Å²) in [6.45, 7) is 18.5. The first-order valence-electron chi connectivity index (χ1n) is 18.1. The number of likely N-dealkylation sites (tertiary alicyclic amines) is 1. The highest BCUT2D eigenvalue weighted by atomic mass is 16.6. The number of aromatic nitrogens is 2. The third-order valence-electron chi connectivity index (χ3n) is 9.67. The molecule has 1 aromatic heterocycles. The Balaban J connectivity index is 1.04. The molecule has 1 saturated carbocycles. The number of urea groups is 1. The van der Waals surface area contributed by atoms with Crippen molar-refractivity contribution in [2.75, 3.05) is 51.1 Å². The minimum atomic E-state index is -0.775. The van der Waals surface area contributed by atoms with Crippen molar-refractivity contribution in [1.82, 2.24) is 34.9 Å². The molecule has 1 aliphatic carbocycles. The van der Waals surface area contributed by atoms with Gasteiger partial charge < -0.3 is 29.9 Å². The Labute approximate surface area is 305 Å². The van der Waals surface area contributed by atoms with Gasteiger partial charge in [0.25, 0.3) is 0 Å². The van der Waals surface area contributed by atoms with Gasteiger partial charge in [0.05, 0.1) is 5.69 Å². The molecule has 0 spiro atoms. The van der Waals surface area contributed by atoms with Crippen LogP contribution in [0.2, 0.25) is 0 Å². The number of rotatable bonds is 9. The third kappa shape index (κ3) is 10.2. The number of carbonyl (C=O) groups is 4. The summed E-state index contributed by atoms with van der Waals surface area (Å²) in [4.78, 5) is 72.5. The van der Waals surface area contributed by atoms with Crippen molar-refractivity contribution in [3.63, 3.8) is 0 Å². The molecule has 284 valence electrons. The van der Waals surface area contributed by atoms with Gasteiger partial charge in [0.2, 0.25) is 5.91 Å². The second kappa shape index (κ2) is 15.5. The number of piperidine rings is 1. The quantitative estimate of drug-likeness (QED) is 0.351. The molecule has 15 nitrogen and oxygen atoms in total. The molecule has 3 heterocycles. The van der Waals surface area contributed by atoms with Crippen molar-refractivity contribution in [2.45, 2.75) is 85.1 Å². The first-order valence-corrected chi connectivity index (χ1v) is 18.1. The Morgan fingerprint density at radius 2 is 1.42 bits per heavy atom. The van der Waals surface area contributed by atoms with Gasteiger partial charge in [-0.2, -0.15) is 4.98 Å². The number of benzene rings is 1. The van der Waals surface area contributed by atoms with Gasteiger partial charge in [0.15, 0.2) is 0 Å². The summed E-state index contributed by atoms with van der Waals surface area (Å²) in [5.41, 5.74) is 0.144. The Kier molecular flexibility index (Phi) is 11.5. The van der Waals surface area contributed by atoms with Crippen LogP contribution in [-0.2, 0) is 20.7 Å². The van der Waals surface area contributed by atoms with Crippen LogP contribution in [0.15, 0.2) is 41.3 Å². The van der Waals surface area contributed by atoms with Crippen molar-refractivity contribution in [3.05, 3.63) is 52.6 Å². The van der Waals surface area contributed by atoms with Crippen LogP contribution >= 0.6 is 0 Å². The number of amides is 5. The number of alkyl carbamates (subject to hydrolysis) is 2. The minimum Gasteiger partial charge on any atom is -0.444 e. The van der Waals surface area contributed by atoms with Gasteiger partial charge in [0.1, 0.15) is 23.1 Å². The molecule has 3 aliphatic rings. The number of piperazine rings is 1. The number of hydrogen-bond acceptors (Lipinski definition) is 9. The van der Waals surface area contributed by atoms with E-state index in [0.29, 0.717) is 49.1 Å². The average Bonchev–Trinajstić information content (AvgIpc) is 3.49. The summed E-state index contributed by atoms with van der Waals surface area (Å²) in [6.07, 6.45) is 1.44. The molecular formula is C37H54N8O7. The number of fused-ring (bicyclic) bond motifs is 1. The predicted octanol–water partition coefficient (Wildman–Crippen LogP) is 3.46. The molecule has 5 amide bonds. The highest BCUT2D eigenvalue weighted by molar-refractivity contribution is 5.89. The Morgan fingerprint density at radius 1 is 0.846 bits per heavy atom. The van der Waals surface area contributed by atoms with E-state index in [0.717, 1.165) is 19.5 Å². The fourth-order valence-corrected chi connectivity index (χ4v) is 6.93. The zero-order chi connectivity index (χ0) is 38.0. The summed E-state index contributed by atoms with van der Waals surface area (Å²) in [6, 6.07) is 8.59. The molecule has 0 unspecified atom stereocenters. The SMILES string of the molecule is C[C@H](NC(=O)OC(C)(C)C)C(=O)N1CCN(C(=O)Nc2ccn(-c3ccc(C[C@H](C)N4C[C@H]5C(CNC(=O)OC(C)(C)C)[C@@H]5C4)cc3)c(=O)n2)CC1. The molecule has 3 N–H and O–H groups in total. The lowest BCUT2D eigenvalue weighted by Gasteiger charge is -2.36. The van der Waals surface area contributed by atoms with Gasteiger partial charge >= 0.3 is 23.9 Å². The number of hydrogen-bond donors (Lipinski definition) is 3. The third-order valence-corrected chi connectivity index (χ3v) is 9.67. The van der Waals surface area contributed by atoms with Crippen LogP contribution in [0.4, 0.5) is 20.2 Å². The fraction of sp³-hybridized carbons (Fsp3) is 0.622. The Hall–Kier alpha value is -4.66. The van der Waals surface area contributed by atoms with Crippen LogP contribution in [0.1, 0.15) is 61.0 Å². The maximum atomic E-state index is 12.9. The van der Waals surface area contributed by atoms with Crippen LogP contribution in [-0.4, -0.2) is 117 Å². The largest absolute Gasteiger partial charge is 0.444 e. The first-order chi connectivity index (χ1) is 24.4. The standard InChI is InChI=1S/C37H54N8O7/c1-23(44-21-28-27(29(28)22-44)20-38-34(49)51-36(3,4)5)19-25-9-11-26(12-10-25)45-14-13-30(41-33(45)48)40-32(47)43-17-15-42(16-18-43)31(46)24(2)39-35(50)52-37(6,7)8/h9-14,23-24,27-29H,15-22H2,1-8H3,(H,38,49)(H,39,50)(H,40,41,47,48)/t23-,24-,28-,29-/m0/s1. The summed E-state index contributed by atoms with van der Waals surface area (Å²) < 4.78 is 12.0. The average molecular weight is 723 g/mol. The summed E-state index contributed by atoms with van der Waals surface area (Å²) >= 11 is 0. The number of ether oxygens (including phenoxy) is 2. The highest BCUT2D eigenvalue weighted by Gasteiger charge is 2.55. The lowest BCUT2D eigenvalue weighted by Crippen LogP contribution is -2.56. The molecule has 5 rings (SSSR count). The molecule has 2 aromatic rings. The lowest BCUT2D eigenvalue weighted by atomic mass is 10.0. The minimum absolute atomic E-state index is 0.136. The van der Waals surface area contributed by atoms with Gasteiger partial charge in [-0.3, -0.25) is 19.6 Å². The van der Waals surface area contributed by atoms with Crippen molar-refractivity contribution >= 4 is 29.9 Å². The lowest BCUT2D eigenvalue weighted by molar-refractivity contribution is -0.134. The van der Waals surface area contributed by atoms with Gasteiger partial charge in [-0.15, -0.1) is 0 Å². The molecule has 1 aromatic carbocycles. The molecule has 15 heteroatoms. The van der Waals surface area contributed by atoms with Crippen molar-refractivity contribution in [3.8, 4) is 5.69 Å². The summed E-state index contributed by atoms with van der Waals surface area (Å²) in [7, 11) is 0. The van der Waals surface area contributed by atoms with Crippen LogP contribution in [0.5, 0.6) is 0 Å². The maximum absolute atomic E-state index is 12.9. The van der Waals surface area contributed by atoms with E-state index in [1.807, 2.05) is 45.0 Å². The zero-order valence-corrected chi connectivity index (χ0v) is 31.6. The smallest absolute Gasteiger partial charge is 0.408 e. The van der Waals surface area contributed by atoms with Crippen molar-refractivity contribution in [2.24, 2.45) is 17.8 Å². The van der Waals surface area contributed by atoms with E-state index in [-0.39, 0.29) is 30.9 Å². The number of nitrogens with zero attached hydrogens (tertiary/aromatic N) is 5. The van der Waals surface area contributed by atoms with E-state index in [9.17, 15) is 24.0 Å². The Bertz CT molecular complexity index is 1660. The normalized spacial score (nSPS) is 21.4. The summed E-state index contributed by atoms with van der Waals surface area (Å²) in [5.74, 6) is 1.61. The topological polar surface area (TPSA) is 167 Å². The number of anilines is 1. The monoisotopic (exact) mass is 722 g/mol. The molecule has 0 bridgehead atoms. The molecule has 3 fully saturated rings. The maximum Gasteiger partial charge on any atom is 0.408 e. The zero-order valence-electron chi connectivity index (χ0n) is 31.6. The fourth-order valence-electron chi connectivity index (χ4n) is 6.93. The van der Waals surface area contributed by atoms with E-state index in [1.165, 1.54) is 10.1 Å².